The highest BCUT2D eigenvalue weighted by Crippen LogP contribution is 2.31. The lowest BCUT2D eigenvalue weighted by Crippen LogP contribution is -2.35. The van der Waals surface area contributed by atoms with Gasteiger partial charge in [-0.3, -0.25) is 9.59 Å². The van der Waals surface area contributed by atoms with Crippen LogP contribution in [0.25, 0.3) is 0 Å². The van der Waals surface area contributed by atoms with E-state index in [0.29, 0.717) is 29.1 Å². The summed E-state index contributed by atoms with van der Waals surface area (Å²) in [5.41, 5.74) is -0.0633. The molecule has 1 aromatic carbocycles. The summed E-state index contributed by atoms with van der Waals surface area (Å²) >= 11 is 6.05. The molecule has 1 saturated carbocycles. The molecule has 1 aliphatic carbocycles. The smallest absolute Gasteiger partial charge is 0.254 e. The molecular weight excluding hydrogens is 316 g/mol. The van der Waals surface area contributed by atoms with E-state index in [1.54, 1.807) is 32.3 Å². The van der Waals surface area contributed by atoms with Crippen molar-refractivity contribution in [1.82, 2.24) is 4.90 Å². The van der Waals surface area contributed by atoms with Crippen LogP contribution >= 0.6 is 11.6 Å². The zero-order valence-electron chi connectivity index (χ0n) is 13.6. The third-order valence-electron chi connectivity index (χ3n) is 4.16. The van der Waals surface area contributed by atoms with Crippen LogP contribution in [-0.2, 0) is 4.79 Å². The predicted molar refractivity (Wildman–Crippen MR) is 90.8 cm³/mol. The van der Waals surface area contributed by atoms with Gasteiger partial charge in [0.15, 0.2) is 0 Å². The Morgan fingerprint density at radius 2 is 1.91 bits per heavy atom. The summed E-state index contributed by atoms with van der Waals surface area (Å²) in [5, 5.41) is 13.5. The zero-order valence-corrected chi connectivity index (χ0v) is 14.3. The normalized spacial score (nSPS) is 16.7. The molecule has 2 N–H and O–H groups in total. The summed E-state index contributed by atoms with van der Waals surface area (Å²) in [6.45, 7) is 0. The van der Waals surface area contributed by atoms with Crippen LogP contribution in [0.2, 0.25) is 5.02 Å². The van der Waals surface area contributed by atoms with Gasteiger partial charge in [0.25, 0.3) is 5.91 Å². The van der Waals surface area contributed by atoms with Crippen molar-refractivity contribution in [2.45, 2.75) is 44.1 Å². The summed E-state index contributed by atoms with van der Waals surface area (Å²) in [6, 6.07) is 4.80. The molecule has 0 spiro atoms. The number of amides is 2. The van der Waals surface area contributed by atoms with E-state index in [-0.39, 0.29) is 18.2 Å². The predicted octanol–water partition coefficient (Wildman–Crippen LogP) is 3.07. The Labute approximate surface area is 141 Å². The number of nitrogens with zero attached hydrogens (tertiary/aromatic N) is 1. The molecule has 0 atom stereocenters. The maximum absolute atomic E-state index is 12.2. The second kappa shape index (κ2) is 7.32. The first-order chi connectivity index (χ1) is 10.8. The van der Waals surface area contributed by atoms with Crippen LogP contribution in [0.1, 0.15) is 48.9 Å². The summed E-state index contributed by atoms with van der Waals surface area (Å²) in [6.07, 6.45) is 4.40. The fraction of sp³-hybridized carbons (Fsp3) is 0.529. The highest BCUT2D eigenvalue weighted by molar-refractivity contribution is 6.34. The molecule has 0 aromatic heterocycles. The van der Waals surface area contributed by atoms with Crippen molar-refractivity contribution in [2.24, 2.45) is 0 Å². The highest BCUT2D eigenvalue weighted by Gasteiger charge is 2.31. The number of anilines is 1. The van der Waals surface area contributed by atoms with Crippen molar-refractivity contribution in [3.05, 3.63) is 28.8 Å². The van der Waals surface area contributed by atoms with Crippen molar-refractivity contribution in [3.63, 3.8) is 0 Å². The molecule has 6 heteroatoms. The molecule has 0 radical (unpaired) electrons. The van der Waals surface area contributed by atoms with Crippen LogP contribution in [0.4, 0.5) is 5.69 Å². The molecule has 0 bridgehead atoms. The van der Waals surface area contributed by atoms with Gasteiger partial charge in [-0.2, -0.15) is 0 Å². The van der Waals surface area contributed by atoms with E-state index >= 15 is 0 Å². The molecule has 1 aliphatic rings. The van der Waals surface area contributed by atoms with Crippen LogP contribution in [0.5, 0.6) is 0 Å². The fourth-order valence-corrected chi connectivity index (χ4v) is 3.10. The summed E-state index contributed by atoms with van der Waals surface area (Å²) in [5.74, 6) is -0.475. The van der Waals surface area contributed by atoms with Gasteiger partial charge in [-0.25, -0.2) is 0 Å². The van der Waals surface area contributed by atoms with Gasteiger partial charge in [-0.05, 0) is 31.0 Å². The molecule has 0 saturated heterocycles. The lowest BCUT2D eigenvalue weighted by atomic mass is 9.82. The number of hydrogen-bond donors (Lipinski definition) is 2. The van der Waals surface area contributed by atoms with Crippen molar-refractivity contribution < 1.29 is 14.7 Å². The molecule has 1 fully saturated rings. The number of hydrogen-bond acceptors (Lipinski definition) is 3. The van der Waals surface area contributed by atoms with Gasteiger partial charge in [-0.1, -0.05) is 30.9 Å². The molecule has 2 amide bonds. The quantitative estimate of drug-likeness (QED) is 0.886. The Morgan fingerprint density at radius 3 is 2.52 bits per heavy atom. The average molecular weight is 339 g/mol. The topological polar surface area (TPSA) is 69.6 Å². The number of aliphatic hydroxyl groups is 1. The highest BCUT2D eigenvalue weighted by atomic mass is 35.5. The minimum absolute atomic E-state index is 0.0760. The monoisotopic (exact) mass is 338 g/mol. The second-order valence-electron chi connectivity index (χ2n) is 6.40. The first-order valence-corrected chi connectivity index (χ1v) is 8.22. The first kappa shape index (κ1) is 17.8. The Balaban J connectivity index is 2.06. The number of halogens is 1. The van der Waals surface area contributed by atoms with Gasteiger partial charge < -0.3 is 15.3 Å². The average Bonchev–Trinajstić information content (AvgIpc) is 2.48. The Bertz CT molecular complexity index is 596. The van der Waals surface area contributed by atoms with Crippen LogP contribution in [0.15, 0.2) is 18.2 Å². The number of carbonyl (C=O) groups excluding carboxylic acids is 2. The van der Waals surface area contributed by atoms with Gasteiger partial charge in [0.05, 0.1) is 22.6 Å². The standard InChI is InChI=1S/C17H23ClN2O3/c1-20(2)16(22)13-10-12(6-7-14(13)18)19-15(21)11-17(23)8-4-3-5-9-17/h6-7,10,23H,3-5,8-9,11H2,1-2H3,(H,19,21). The number of carbonyl (C=O) groups is 2. The number of rotatable bonds is 4. The molecule has 2 rings (SSSR count). The SMILES string of the molecule is CN(C)C(=O)c1cc(NC(=O)CC2(O)CCCCC2)ccc1Cl. The molecular formula is C17H23ClN2O3. The Morgan fingerprint density at radius 1 is 1.26 bits per heavy atom. The minimum atomic E-state index is -0.906. The van der Waals surface area contributed by atoms with Gasteiger partial charge in [0, 0.05) is 19.8 Å². The van der Waals surface area contributed by atoms with Gasteiger partial charge in [0.2, 0.25) is 5.91 Å². The maximum Gasteiger partial charge on any atom is 0.254 e. The van der Waals surface area contributed by atoms with Crippen molar-refractivity contribution in [2.75, 3.05) is 19.4 Å². The molecule has 5 nitrogen and oxygen atoms in total. The molecule has 23 heavy (non-hydrogen) atoms. The van der Waals surface area contributed by atoms with E-state index < -0.39 is 5.60 Å². The third-order valence-corrected chi connectivity index (χ3v) is 4.49. The van der Waals surface area contributed by atoms with Crippen LogP contribution in [0.3, 0.4) is 0 Å². The molecule has 0 unspecified atom stereocenters. The van der Waals surface area contributed by atoms with Gasteiger partial charge in [-0.15, -0.1) is 0 Å². The zero-order chi connectivity index (χ0) is 17.0. The summed E-state index contributed by atoms with van der Waals surface area (Å²) in [7, 11) is 3.28. The van der Waals surface area contributed by atoms with Crippen LogP contribution in [-0.4, -0.2) is 41.5 Å². The van der Waals surface area contributed by atoms with Crippen LogP contribution < -0.4 is 5.32 Å². The third kappa shape index (κ3) is 4.69. The van der Waals surface area contributed by atoms with Gasteiger partial charge in [0.1, 0.15) is 0 Å². The van der Waals surface area contributed by atoms with Gasteiger partial charge >= 0.3 is 0 Å². The maximum atomic E-state index is 12.2. The fourth-order valence-electron chi connectivity index (χ4n) is 2.90. The summed E-state index contributed by atoms with van der Waals surface area (Å²) in [4.78, 5) is 25.7. The van der Waals surface area contributed by atoms with Crippen molar-refractivity contribution in [1.29, 1.82) is 0 Å². The van der Waals surface area contributed by atoms with E-state index in [1.807, 2.05) is 0 Å². The lowest BCUT2D eigenvalue weighted by Gasteiger charge is -2.31. The van der Waals surface area contributed by atoms with Crippen molar-refractivity contribution in [3.8, 4) is 0 Å². The van der Waals surface area contributed by atoms with Crippen LogP contribution in [0, 0.1) is 0 Å². The van der Waals surface area contributed by atoms with E-state index in [1.165, 1.54) is 4.90 Å². The molecule has 0 heterocycles. The molecule has 126 valence electrons. The van der Waals surface area contributed by atoms with E-state index in [0.717, 1.165) is 19.3 Å². The lowest BCUT2D eigenvalue weighted by molar-refractivity contribution is -0.122. The number of nitrogens with one attached hydrogen (secondary N) is 1. The van der Waals surface area contributed by atoms with Crippen molar-refractivity contribution >= 4 is 29.1 Å². The molecule has 0 aliphatic heterocycles. The van der Waals surface area contributed by atoms with E-state index in [9.17, 15) is 14.7 Å². The molecule has 1 aromatic rings. The summed E-state index contributed by atoms with van der Waals surface area (Å²) < 4.78 is 0. The largest absolute Gasteiger partial charge is 0.389 e. The minimum Gasteiger partial charge on any atom is -0.389 e. The Kier molecular flexibility index (Phi) is 5.65. The Hall–Kier alpha value is -1.59. The van der Waals surface area contributed by atoms with E-state index in [2.05, 4.69) is 5.32 Å². The van der Waals surface area contributed by atoms with E-state index in [4.69, 9.17) is 11.6 Å². The number of benzene rings is 1. The first-order valence-electron chi connectivity index (χ1n) is 7.84. The second-order valence-corrected chi connectivity index (χ2v) is 6.81.